The van der Waals surface area contributed by atoms with E-state index in [4.69, 9.17) is 11.6 Å². The van der Waals surface area contributed by atoms with Crippen LogP contribution in [0.3, 0.4) is 0 Å². The number of benzene rings is 1. The molecule has 0 bridgehead atoms. The average Bonchev–Trinajstić information content (AvgIpc) is 2.98. The molecule has 0 saturated carbocycles. The van der Waals surface area contributed by atoms with Crippen LogP contribution < -0.4 is 15.1 Å². The molecule has 4 nitrogen and oxygen atoms in total. The van der Waals surface area contributed by atoms with Gasteiger partial charge in [0.15, 0.2) is 6.54 Å². The summed E-state index contributed by atoms with van der Waals surface area (Å²) in [6.07, 6.45) is 0. The number of hydrogen-bond acceptors (Lipinski definition) is 2. The van der Waals surface area contributed by atoms with Gasteiger partial charge in [0, 0.05) is 0 Å². The fraction of sp³-hybridized carbons (Fsp3) is 0.353. The van der Waals surface area contributed by atoms with E-state index in [1.54, 1.807) is 11.3 Å². The third-order valence-electron chi connectivity index (χ3n) is 4.36. The lowest BCUT2D eigenvalue weighted by atomic mass is 10.2. The first kappa shape index (κ1) is 18.3. The van der Waals surface area contributed by atoms with Crippen molar-refractivity contribution in [1.82, 2.24) is 0 Å². The second-order valence-electron chi connectivity index (χ2n) is 6.20. The summed E-state index contributed by atoms with van der Waals surface area (Å²) in [5.74, 6) is -1.88. The van der Waals surface area contributed by atoms with Crippen LogP contribution in [0.15, 0.2) is 30.3 Å². The van der Waals surface area contributed by atoms with Gasteiger partial charge in [0.2, 0.25) is 0 Å². The molecule has 1 aromatic heterocycles. The Morgan fingerprint density at radius 2 is 1.72 bits per heavy atom. The maximum absolute atomic E-state index is 13.6. The van der Waals surface area contributed by atoms with E-state index >= 15 is 0 Å². The predicted molar refractivity (Wildman–Crippen MR) is 94.3 cm³/mol. The zero-order valence-corrected chi connectivity index (χ0v) is 15.2. The number of quaternary nitrogens is 2. The van der Waals surface area contributed by atoms with Crippen molar-refractivity contribution < 1.29 is 23.4 Å². The molecule has 0 spiro atoms. The Balaban J connectivity index is 1.46. The van der Waals surface area contributed by atoms with Crippen molar-refractivity contribution in [2.24, 2.45) is 0 Å². The van der Waals surface area contributed by atoms with Crippen LogP contribution in [0.2, 0.25) is 4.34 Å². The molecular weight excluding hydrogens is 368 g/mol. The van der Waals surface area contributed by atoms with Gasteiger partial charge >= 0.3 is 0 Å². The molecule has 0 aliphatic carbocycles. The highest BCUT2D eigenvalue weighted by atomic mass is 35.5. The lowest BCUT2D eigenvalue weighted by Crippen LogP contribution is -3.28. The summed E-state index contributed by atoms with van der Waals surface area (Å²) in [7, 11) is 0. The molecule has 134 valence electrons. The van der Waals surface area contributed by atoms with Gasteiger partial charge in [-0.1, -0.05) is 17.7 Å². The van der Waals surface area contributed by atoms with Crippen molar-refractivity contribution in [1.29, 1.82) is 0 Å². The van der Waals surface area contributed by atoms with Gasteiger partial charge in [-0.15, -0.1) is 11.3 Å². The molecule has 8 heteroatoms. The van der Waals surface area contributed by atoms with E-state index in [1.165, 1.54) is 15.8 Å². The minimum absolute atomic E-state index is 0.214. The largest absolute Gasteiger partial charge is 0.321 e. The van der Waals surface area contributed by atoms with Crippen LogP contribution in [-0.4, -0.2) is 38.6 Å². The molecule has 1 amide bonds. The number of nitrogens with one attached hydrogen (secondary N) is 3. The Morgan fingerprint density at radius 3 is 2.32 bits per heavy atom. The van der Waals surface area contributed by atoms with Gasteiger partial charge in [-0.25, -0.2) is 8.78 Å². The van der Waals surface area contributed by atoms with Gasteiger partial charge in [0.25, 0.3) is 5.91 Å². The molecular formula is C17H20ClF2N3OS+2. The second kappa shape index (κ2) is 8.23. The Hall–Kier alpha value is -1.54. The minimum Gasteiger partial charge on any atom is -0.321 e. The molecule has 25 heavy (non-hydrogen) atoms. The highest BCUT2D eigenvalue weighted by molar-refractivity contribution is 7.16. The molecule has 0 radical (unpaired) electrons. The quantitative estimate of drug-likeness (QED) is 0.690. The molecule has 0 atom stereocenters. The molecule has 0 unspecified atom stereocenters. The summed E-state index contributed by atoms with van der Waals surface area (Å²) in [5, 5.41) is 2.35. The van der Waals surface area contributed by atoms with Crippen LogP contribution in [0.5, 0.6) is 0 Å². The van der Waals surface area contributed by atoms with Crippen LogP contribution in [0.4, 0.5) is 14.5 Å². The van der Waals surface area contributed by atoms with Crippen LogP contribution in [0.25, 0.3) is 0 Å². The van der Waals surface area contributed by atoms with Crippen molar-refractivity contribution in [3.63, 3.8) is 0 Å². The summed E-state index contributed by atoms with van der Waals surface area (Å²) >= 11 is 7.55. The van der Waals surface area contributed by atoms with Gasteiger partial charge in [-0.05, 0) is 24.3 Å². The summed E-state index contributed by atoms with van der Waals surface area (Å²) in [4.78, 5) is 15.9. The topological polar surface area (TPSA) is 38.0 Å². The fourth-order valence-electron chi connectivity index (χ4n) is 3.03. The average molecular weight is 388 g/mol. The van der Waals surface area contributed by atoms with E-state index in [1.807, 2.05) is 6.07 Å². The SMILES string of the molecule is O=C(C[NH+]1CC[NH+](Cc2ccc(Cl)s2)CC1)Nc1c(F)cccc1F. The van der Waals surface area contributed by atoms with E-state index in [0.29, 0.717) is 0 Å². The summed E-state index contributed by atoms with van der Waals surface area (Å²) in [5.41, 5.74) is -0.370. The minimum atomic E-state index is -0.757. The zero-order valence-electron chi connectivity index (χ0n) is 13.6. The second-order valence-corrected chi connectivity index (χ2v) is 8.00. The highest BCUT2D eigenvalue weighted by Gasteiger charge is 2.25. The molecule has 1 aliphatic rings. The van der Waals surface area contributed by atoms with Gasteiger partial charge in [-0.3, -0.25) is 4.79 Å². The van der Waals surface area contributed by atoms with Crippen molar-refractivity contribution >= 4 is 34.5 Å². The van der Waals surface area contributed by atoms with Gasteiger partial charge in [0.1, 0.15) is 50.0 Å². The number of para-hydroxylation sites is 1. The Bertz CT molecular complexity index is 727. The van der Waals surface area contributed by atoms with Crippen LogP contribution in [0.1, 0.15) is 4.88 Å². The summed E-state index contributed by atoms with van der Waals surface area (Å²) in [6, 6.07) is 7.49. The maximum Gasteiger partial charge on any atom is 0.279 e. The predicted octanol–water partition coefficient (Wildman–Crippen LogP) is 0.602. The van der Waals surface area contributed by atoms with Crippen molar-refractivity contribution in [2.45, 2.75) is 6.54 Å². The standard InChI is InChI=1S/C17H18ClF2N3OS/c18-15-5-4-12(25-15)10-22-6-8-23(9-7-22)11-16(24)21-17-13(19)2-1-3-14(17)20/h1-5H,6-11H2,(H,21,24)/p+2. The number of piperazine rings is 1. The van der Waals surface area contributed by atoms with E-state index in [2.05, 4.69) is 11.4 Å². The van der Waals surface area contributed by atoms with E-state index in [0.717, 1.165) is 54.1 Å². The molecule has 2 aromatic rings. The lowest BCUT2D eigenvalue weighted by Gasteiger charge is -2.29. The molecule has 1 aromatic carbocycles. The molecule has 3 rings (SSSR count). The van der Waals surface area contributed by atoms with Crippen LogP contribution >= 0.6 is 22.9 Å². The number of amides is 1. The van der Waals surface area contributed by atoms with Crippen molar-refractivity contribution in [2.75, 3.05) is 38.0 Å². The summed E-state index contributed by atoms with van der Waals surface area (Å²) in [6.45, 7) is 4.75. The van der Waals surface area contributed by atoms with E-state index in [-0.39, 0.29) is 18.1 Å². The number of carbonyl (C=O) groups excluding carboxylic acids is 1. The Morgan fingerprint density at radius 1 is 1.08 bits per heavy atom. The van der Waals surface area contributed by atoms with Gasteiger partial charge in [-0.2, -0.15) is 0 Å². The molecule has 1 saturated heterocycles. The third kappa shape index (κ3) is 4.98. The first-order valence-electron chi connectivity index (χ1n) is 8.16. The monoisotopic (exact) mass is 387 g/mol. The fourth-order valence-corrected chi connectivity index (χ4v) is 4.19. The van der Waals surface area contributed by atoms with Gasteiger partial charge in [0.05, 0.1) is 9.21 Å². The van der Waals surface area contributed by atoms with Crippen molar-refractivity contribution in [3.8, 4) is 0 Å². The van der Waals surface area contributed by atoms with Gasteiger partial charge < -0.3 is 15.1 Å². The molecule has 3 N–H and O–H groups in total. The number of carbonyl (C=O) groups is 1. The van der Waals surface area contributed by atoms with Crippen molar-refractivity contribution in [3.05, 3.63) is 51.2 Å². The smallest absolute Gasteiger partial charge is 0.279 e. The van der Waals surface area contributed by atoms with E-state index in [9.17, 15) is 13.6 Å². The molecule has 1 fully saturated rings. The maximum atomic E-state index is 13.6. The number of thiophene rings is 1. The number of hydrogen-bond donors (Lipinski definition) is 3. The lowest BCUT2D eigenvalue weighted by molar-refractivity contribution is -1.01. The number of halogens is 3. The number of anilines is 1. The Labute approximate surface area is 154 Å². The molecule has 1 aliphatic heterocycles. The number of rotatable bonds is 5. The first-order chi connectivity index (χ1) is 12.0. The third-order valence-corrected chi connectivity index (χ3v) is 5.59. The normalized spacial score (nSPS) is 20.4. The summed E-state index contributed by atoms with van der Waals surface area (Å²) < 4.78 is 28.0. The first-order valence-corrected chi connectivity index (χ1v) is 9.36. The highest BCUT2D eigenvalue weighted by Crippen LogP contribution is 2.20. The van der Waals surface area contributed by atoms with Crippen LogP contribution in [-0.2, 0) is 11.3 Å². The zero-order chi connectivity index (χ0) is 17.8. The van der Waals surface area contributed by atoms with Crippen LogP contribution in [0, 0.1) is 11.6 Å². The molecule has 2 heterocycles. The Kier molecular flexibility index (Phi) is 6.01. The van der Waals surface area contributed by atoms with E-state index < -0.39 is 11.6 Å².